The van der Waals surface area contributed by atoms with Crippen LogP contribution in [-0.4, -0.2) is 9.97 Å². The minimum absolute atomic E-state index is 0.0516. The molecule has 0 aliphatic heterocycles. The van der Waals surface area contributed by atoms with E-state index >= 15 is 0 Å². The molecule has 3 nitrogen and oxygen atoms in total. The van der Waals surface area contributed by atoms with Gasteiger partial charge in [-0.1, -0.05) is 41.9 Å². The standard InChI is InChI=1S/C14H14BrIN2O/c1-8(2)13-12(16)14(19)18-11(17-13)7-9-4-3-5-10(15)6-9/h3-6,8H,7H2,1-2H3,(H,17,18,19). The fraction of sp³-hybridized carbons (Fsp3) is 0.286. The van der Waals surface area contributed by atoms with Crippen molar-refractivity contribution in [2.75, 3.05) is 0 Å². The molecule has 1 aromatic carbocycles. The predicted molar refractivity (Wildman–Crippen MR) is 88.6 cm³/mol. The molecule has 0 aliphatic rings. The summed E-state index contributed by atoms with van der Waals surface area (Å²) in [5.74, 6) is 0.961. The van der Waals surface area contributed by atoms with Crippen molar-refractivity contribution in [3.8, 4) is 0 Å². The smallest absolute Gasteiger partial charge is 0.264 e. The van der Waals surface area contributed by atoms with Gasteiger partial charge in [0.05, 0.1) is 9.26 Å². The van der Waals surface area contributed by atoms with E-state index < -0.39 is 0 Å². The molecule has 19 heavy (non-hydrogen) atoms. The number of aromatic nitrogens is 2. The maximum absolute atomic E-state index is 11.9. The van der Waals surface area contributed by atoms with Crippen LogP contribution >= 0.6 is 38.5 Å². The molecule has 0 amide bonds. The predicted octanol–water partition coefficient (Wildman–Crippen LogP) is 3.85. The van der Waals surface area contributed by atoms with Gasteiger partial charge >= 0.3 is 0 Å². The molecule has 0 saturated heterocycles. The third-order valence-corrected chi connectivity index (χ3v) is 4.28. The van der Waals surface area contributed by atoms with Crippen molar-refractivity contribution in [2.45, 2.75) is 26.2 Å². The highest BCUT2D eigenvalue weighted by Crippen LogP contribution is 2.17. The summed E-state index contributed by atoms with van der Waals surface area (Å²) in [5.41, 5.74) is 1.94. The Kier molecular flexibility index (Phi) is 4.78. The first-order valence-electron chi connectivity index (χ1n) is 6.00. The van der Waals surface area contributed by atoms with E-state index in [0.29, 0.717) is 15.8 Å². The average Bonchev–Trinajstić information content (AvgIpc) is 2.33. The molecule has 0 spiro atoms. The van der Waals surface area contributed by atoms with E-state index in [-0.39, 0.29) is 11.5 Å². The zero-order valence-electron chi connectivity index (χ0n) is 10.7. The van der Waals surface area contributed by atoms with E-state index in [1.807, 2.05) is 38.1 Å². The van der Waals surface area contributed by atoms with Gasteiger partial charge in [0.25, 0.3) is 5.56 Å². The summed E-state index contributed by atoms with van der Waals surface area (Å²) < 4.78 is 1.72. The first-order valence-corrected chi connectivity index (χ1v) is 7.87. The van der Waals surface area contributed by atoms with Crippen LogP contribution in [0.1, 0.15) is 36.8 Å². The van der Waals surface area contributed by atoms with E-state index in [9.17, 15) is 4.79 Å². The monoisotopic (exact) mass is 432 g/mol. The van der Waals surface area contributed by atoms with Crippen LogP contribution in [-0.2, 0) is 6.42 Å². The number of benzene rings is 1. The number of nitrogens with one attached hydrogen (secondary N) is 1. The maximum atomic E-state index is 11.9. The molecule has 0 aliphatic carbocycles. The molecule has 0 radical (unpaired) electrons. The number of halogens is 2. The maximum Gasteiger partial charge on any atom is 0.264 e. The number of aromatic amines is 1. The molecule has 1 N–H and O–H groups in total. The van der Waals surface area contributed by atoms with Gasteiger partial charge in [-0.15, -0.1) is 0 Å². The summed E-state index contributed by atoms with van der Waals surface area (Å²) in [7, 11) is 0. The molecular formula is C14H14BrIN2O. The van der Waals surface area contributed by atoms with Gasteiger partial charge < -0.3 is 4.98 Å². The molecule has 0 bridgehead atoms. The molecule has 0 atom stereocenters. The molecule has 100 valence electrons. The van der Waals surface area contributed by atoms with Crippen LogP contribution < -0.4 is 5.56 Å². The summed E-state index contributed by atoms with van der Waals surface area (Å²) in [6.45, 7) is 4.10. The Bertz CT molecular complexity index is 652. The lowest BCUT2D eigenvalue weighted by Gasteiger charge is -2.09. The lowest BCUT2D eigenvalue weighted by molar-refractivity contribution is 0.774. The van der Waals surface area contributed by atoms with Gasteiger partial charge in [-0.2, -0.15) is 0 Å². The number of hydrogen-bond donors (Lipinski definition) is 1. The lowest BCUT2D eigenvalue weighted by Crippen LogP contribution is -2.19. The van der Waals surface area contributed by atoms with Crippen molar-refractivity contribution >= 4 is 38.5 Å². The molecule has 5 heteroatoms. The fourth-order valence-electron chi connectivity index (χ4n) is 1.83. The molecule has 2 aromatic rings. The molecule has 0 saturated carbocycles. The van der Waals surface area contributed by atoms with E-state index in [0.717, 1.165) is 15.7 Å². The Morgan fingerprint density at radius 3 is 2.79 bits per heavy atom. The van der Waals surface area contributed by atoms with Crippen LogP contribution in [0.25, 0.3) is 0 Å². The van der Waals surface area contributed by atoms with E-state index in [1.54, 1.807) is 0 Å². The minimum atomic E-state index is -0.0516. The van der Waals surface area contributed by atoms with E-state index in [4.69, 9.17) is 0 Å². The van der Waals surface area contributed by atoms with Crippen molar-refractivity contribution in [1.29, 1.82) is 0 Å². The van der Waals surface area contributed by atoms with Gasteiger partial charge in [-0.3, -0.25) is 4.79 Å². The first kappa shape index (κ1) is 14.7. The van der Waals surface area contributed by atoms with Gasteiger partial charge in [-0.25, -0.2) is 4.98 Å². The minimum Gasteiger partial charge on any atom is -0.309 e. The van der Waals surface area contributed by atoms with Gasteiger partial charge in [0.2, 0.25) is 0 Å². The topological polar surface area (TPSA) is 45.8 Å². The van der Waals surface area contributed by atoms with Gasteiger partial charge in [0, 0.05) is 10.9 Å². The van der Waals surface area contributed by atoms with Crippen molar-refractivity contribution in [1.82, 2.24) is 9.97 Å². The second kappa shape index (κ2) is 6.17. The zero-order chi connectivity index (χ0) is 14.0. The SMILES string of the molecule is CC(C)c1nc(Cc2cccc(Br)c2)[nH]c(=O)c1I. The fourth-order valence-corrected chi connectivity index (χ4v) is 3.16. The van der Waals surface area contributed by atoms with Crippen molar-refractivity contribution in [2.24, 2.45) is 0 Å². The summed E-state index contributed by atoms with van der Waals surface area (Å²) in [5, 5.41) is 0. The van der Waals surface area contributed by atoms with Crippen LogP contribution in [0, 0.1) is 3.57 Å². The third kappa shape index (κ3) is 3.66. The first-order chi connectivity index (χ1) is 8.97. The van der Waals surface area contributed by atoms with Crippen LogP contribution in [0.4, 0.5) is 0 Å². The quantitative estimate of drug-likeness (QED) is 0.748. The Hall–Kier alpha value is -0.690. The highest BCUT2D eigenvalue weighted by atomic mass is 127. The highest BCUT2D eigenvalue weighted by molar-refractivity contribution is 14.1. The van der Waals surface area contributed by atoms with Gasteiger partial charge in [-0.05, 0) is 46.2 Å². The summed E-state index contributed by atoms with van der Waals surface area (Å²) in [6, 6.07) is 8.02. The van der Waals surface area contributed by atoms with E-state index in [1.165, 1.54) is 0 Å². The number of rotatable bonds is 3. The van der Waals surface area contributed by atoms with Crippen LogP contribution in [0.15, 0.2) is 33.5 Å². The Morgan fingerprint density at radius 1 is 1.42 bits per heavy atom. The molecule has 0 fully saturated rings. The second-order valence-corrected chi connectivity index (χ2v) is 6.67. The summed E-state index contributed by atoms with van der Waals surface area (Å²) in [4.78, 5) is 19.3. The van der Waals surface area contributed by atoms with Crippen LogP contribution in [0.2, 0.25) is 0 Å². The Morgan fingerprint density at radius 2 is 2.16 bits per heavy atom. The van der Waals surface area contributed by atoms with E-state index in [2.05, 4.69) is 48.5 Å². The number of hydrogen-bond acceptors (Lipinski definition) is 2. The van der Waals surface area contributed by atoms with Gasteiger partial charge in [0.1, 0.15) is 5.82 Å². The highest BCUT2D eigenvalue weighted by Gasteiger charge is 2.12. The third-order valence-electron chi connectivity index (χ3n) is 2.74. The largest absolute Gasteiger partial charge is 0.309 e. The molecular weight excluding hydrogens is 419 g/mol. The van der Waals surface area contributed by atoms with Gasteiger partial charge in [0.15, 0.2) is 0 Å². The Labute approximate surface area is 134 Å². The lowest BCUT2D eigenvalue weighted by atomic mass is 10.1. The van der Waals surface area contributed by atoms with Crippen molar-refractivity contribution < 1.29 is 0 Å². The Balaban J connectivity index is 2.39. The second-order valence-electron chi connectivity index (χ2n) is 4.67. The summed E-state index contributed by atoms with van der Waals surface area (Å²) in [6.07, 6.45) is 0.630. The van der Waals surface area contributed by atoms with Crippen LogP contribution in [0.5, 0.6) is 0 Å². The van der Waals surface area contributed by atoms with Crippen LogP contribution in [0.3, 0.4) is 0 Å². The zero-order valence-corrected chi connectivity index (χ0v) is 14.4. The van der Waals surface area contributed by atoms with Crippen molar-refractivity contribution in [3.63, 3.8) is 0 Å². The molecule has 2 rings (SSSR count). The normalized spacial score (nSPS) is 11.0. The average molecular weight is 433 g/mol. The number of nitrogens with zero attached hydrogens (tertiary/aromatic N) is 1. The summed E-state index contributed by atoms with van der Waals surface area (Å²) >= 11 is 5.51. The number of H-pyrrole nitrogens is 1. The molecule has 1 aromatic heterocycles. The molecule has 0 unspecified atom stereocenters. The molecule has 1 heterocycles. The van der Waals surface area contributed by atoms with Crippen molar-refractivity contribution in [3.05, 3.63) is 59.7 Å².